The average molecular weight is 251 g/mol. The van der Waals surface area contributed by atoms with Crippen molar-refractivity contribution in [1.29, 1.82) is 0 Å². The number of hydrogen-bond donors (Lipinski definition) is 2. The molecule has 0 amide bonds. The van der Waals surface area contributed by atoms with E-state index >= 15 is 0 Å². The van der Waals surface area contributed by atoms with Crippen LogP contribution in [0.5, 0.6) is 11.5 Å². The summed E-state index contributed by atoms with van der Waals surface area (Å²) in [4.78, 5) is 0. The van der Waals surface area contributed by atoms with Gasteiger partial charge in [-0.2, -0.15) is 0 Å². The minimum atomic E-state index is -0.237. The zero-order valence-corrected chi connectivity index (χ0v) is 11.4. The van der Waals surface area contributed by atoms with E-state index in [0.29, 0.717) is 0 Å². The molecule has 2 rings (SSSR count). The Hall–Kier alpha value is -1.42. The molecule has 2 unspecified atom stereocenters. The molecule has 1 aromatic rings. The molecule has 1 fully saturated rings. The van der Waals surface area contributed by atoms with Gasteiger partial charge in [0.2, 0.25) is 0 Å². The number of aliphatic hydroxyl groups excluding tert-OH is 1. The molecule has 0 saturated heterocycles. The summed E-state index contributed by atoms with van der Waals surface area (Å²) in [5.41, 5.74) is 0.827. The van der Waals surface area contributed by atoms with Crippen molar-refractivity contribution in [3.8, 4) is 11.5 Å². The minimum Gasteiger partial charge on any atom is -0.497 e. The SMILES string of the molecule is COc1ccc(NC2CC(O)C2(C)C)c(OC)c1. The highest BCUT2D eigenvalue weighted by molar-refractivity contribution is 5.60. The third-order valence-corrected chi connectivity index (χ3v) is 3.95. The van der Waals surface area contributed by atoms with Crippen molar-refractivity contribution >= 4 is 5.69 Å². The lowest BCUT2D eigenvalue weighted by atomic mass is 9.64. The van der Waals surface area contributed by atoms with Crippen molar-refractivity contribution in [2.24, 2.45) is 5.41 Å². The summed E-state index contributed by atoms with van der Waals surface area (Å²) in [5, 5.41) is 13.2. The first kappa shape index (κ1) is 13.0. The van der Waals surface area contributed by atoms with Crippen molar-refractivity contribution in [1.82, 2.24) is 0 Å². The molecular formula is C14H21NO3. The van der Waals surface area contributed by atoms with Gasteiger partial charge in [-0.3, -0.25) is 0 Å². The summed E-state index contributed by atoms with van der Waals surface area (Å²) in [6.45, 7) is 4.13. The number of hydrogen-bond acceptors (Lipinski definition) is 4. The molecule has 4 heteroatoms. The monoisotopic (exact) mass is 251 g/mol. The van der Waals surface area contributed by atoms with E-state index in [1.165, 1.54) is 0 Å². The molecule has 2 atom stereocenters. The fourth-order valence-corrected chi connectivity index (χ4v) is 2.25. The van der Waals surface area contributed by atoms with Crippen LogP contribution in [0, 0.1) is 5.41 Å². The molecule has 4 nitrogen and oxygen atoms in total. The predicted molar refractivity (Wildman–Crippen MR) is 71.4 cm³/mol. The second kappa shape index (κ2) is 4.69. The largest absolute Gasteiger partial charge is 0.497 e. The first-order chi connectivity index (χ1) is 8.48. The van der Waals surface area contributed by atoms with E-state index in [1.807, 2.05) is 18.2 Å². The summed E-state index contributed by atoms with van der Waals surface area (Å²) in [7, 11) is 3.27. The first-order valence-electron chi connectivity index (χ1n) is 6.15. The fourth-order valence-electron chi connectivity index (χ4n) is 2.25. The van der Waals surface area contributed by atoms with Gasteiger partial charge in [-0.1, -0.05) is 13.8 Å². The van der Waals surface area contributed by atoms with Crippen LogP contribution in [0.1, 0.15) is 20.3 Å². The second-order valence-electron chi connectivity index (χ2n) is 5.34. The molecule has 0 spiro atoms. The highest BCUT2D eigenvalue weighted by Crippen LogP contribution is 2.43. The number of aliphatic hydroxyl groups is 1. The van der Waals surface area contributed by atoms with Crippen molar-refractivity contribution in [2.45, 2.75) is 32.4 Å². The molecule has 0 bridgehead atoms. The summed E-state index contributed by atoms with van der Waals surface area (Å²) in [6, 6.07) is 5.95. The number of methoxy groups -OCH3 is 2. The number of ether oxygens (including phenoxy) is 2. The van der Waals surface area contributed by atoms with Crippen LogP contribution < -0.4 is 14.8 Å². The first-order valence-corrected chi connectivity index (χ1v) is 6.15. The summed E-state index contributed by atoms with van der Waals surface area (Å²) in [6.07, 6.45) is 0.529. The topological polar surface area (TPSA) is 50.7 Å². The van der Waals surface area contributed by atoms with Gasteiger partial charge in [-0.05, 0) is 18.6 Å². The van der Waals surface area contributed by atoms with Gasteiger partial charge in [-0.15, -0.1) is 0 Å². The average Bonchev–Trinajstić information content (AvgIpc) is 2.38. The maximum absolute atomic E-state index is 9.74. The Morgan fingerprint density at radius 2 is 2.00 bits per heavy atom. The maximum atomic E-state index is 9.74. The molecule has 0 aromatic heterocycles. The lowest BCUT2D eigenvalue weighted by Crippen LogP contribution is -2.56. The zero-order chi connectivity index (χ0) is 13.3. The molecule has 0 heterocycles. The summed E-state index contributed by atoms with van der Waals surface area (Å²) in [5.74, 6) is 1.52. The van der Waals surface area contributed by atoms with Gasteiger partial charge in [0.05, 0.1) is 26.0 Å². The lowest BCUT2D eigenvalue weighted by Gasteiger charge is -2.50. The Kier molecular flexibility index (Phi) is 3.39. The Bertz CT molecular complexity index is 431. The number of rotatable bonds is 4. The molecule has 1 aromatic carbocycles. The van der Waals surface area contributed by atoms with Crippen LogP contribution in [0.3, 0.4) is 0 Å². The van der Waals surface area contributed by atoms with Gasteiger partial charge in [0, 0.05) is 17.5 Å². The van der Waals surface area contributed by atoms with Gasteiger partial charge in [0.1, 0.15) is 11.5 Å². The summed E-state index contributed by atoms with van der Waals surface area (Å²) < 4.78 is 10.5. The molecule has 100 valence electrons. The molecule has 18 heavy (non-hydrogen) atoms. The number of benzene rings is 1. The van der Waals surface area contributed by atoms with E-state index in [4.69, 9.17) is 9.47 Å². The maximum Gasteiger partial charge on any atom is 0.145 e. The molecule has 1 saturated carbocycles. The zero-order valence-electron chi connectivity index (χ0n) is 11.4. The van der Waals surface area contributed by atoms with Gasteiger partial charge in [0.15, 0.2) is 0 Å². The second-order valence-corrected chi connectivity index (χ2v) is 5.34. The standard InChI is InChI=1S/C14H21NO3/c1-14(2)12(8-13(14)16)15-10-6-5-9(17-3)7-11(10)18-4/h5-7,12-13,15-16H,8H2,1-4H3. The molecule has 1 aliphatic carbocycles. The Balaban J connectivity index is 2.15. The quantitative estimate of drug-likeness (QED) is 0.862. The van der Waals surface area contributed by atoms with Gasteiger partial charge < -0.3 is 19.9 Å². The molecular weight excluding hydrogens is 230 g/mol. The van der Waals surface area contributed by atoms with Crippen molar-refractivity contribution in [3.05, 3.63) is 18.2 Å². The van der Waals surface area contributed by atoms with Crippen molar-refractivity contribution in [3.63, 3.8) is 0 Å². The number of anilines is 1. The third kappa shape index (κ3) is 2.12. The van der Waals surface area contributed by atoms with Crippen LogP contribution in [0.25, 0.3) is 0 Å². The van der Waals surface area contributed by atoms with Gasteiger partial charge >= 0.3 is 0 Å². The third-order valence-electron chi connectivity index (χ3n) is 3.95. The normalized spacial score (nSPS) is 25.2. The van der Waals surface area contributed by atoms with Crippen LogP contribution in [-0.2, 0) is 0 Å². The minimum absolute atomic E-state index is 0.106. The van der Waals surface area contributed by atoms with E-state index in [1.54, 1.807) is 14.2 Å². The fraction of sp³-hybridized carbons (Fsp3) is 0.571. The van der Waals surface area contributed by atoms with Gasteiger partial charge in [0.25, 0.3) is 0 Å². The van der Waals surface area contributed by atoms with Crippen LogP contribution in [0.4, 0.5) is 5.69 Å². The molecule has 0 aliphatic heterocycles. The van der Waals surface area contributed by atoms with Crippen molar-refractivity contribution in [2.75, 3.05) is 19.5 Å². The smallest absolute Gasteiger partial charge is 0.145 e. The van der Waals surface area contributed by atoms with Gasteiger partial charge in [-0.25, -0.2) is 0 Å². The predicted octanol–water partition coefficient (Wildman–Crippen LogP) is 2.28. The Morgan fingerprint density at radius 1 is 1.28 bits per heavy atom. The van der Waals surface area contributed by atoms with E-state index < -0.39 is 0 Å². The number of nitrogens with one attached hydrogen (secondary N) is 1. The highest BCUT2D eigenvalue weighted by Gasteiger charge is 2.47. The molecule has 1 aliphatic rings. The molecule has 2 N–H and O–H groups in total. The van der Waals surface area contributed by atoms with E-state index in [-0.39, 0.29) is 17.6 Å². The Morgan fingerprint density at radius 3 is 2.50 bits per heavy atom. The van der Waals surface area contributed by atoms with E-state index in [2.05, 4.69) is 19.2 Å². The van der Waals surface area contributed by atoms with Crippen LogP contribution in [-0.4, -0.2) is 31.5 Å². The lowest BCUT2D eigenvalue weighted by molar-refractivity contribution is -0.0511. The summed E-state index contributed by atoms with van der Waals surface area (Å²) >= 11 is 0. The highest BCUT2D eigenvalue weighted by atomic mass is 16.5. The van der Waals surface area contributed by atoms with Crippen molar-refractivity contribution < 1.29 is 14.6 Å². The van der Waals surface area contributed by atoms with E-state index in [0.717, 1.165) is 23.6 Å². The molecule has 0 radical (unpaired) electrons. The van der Waals surface area contributed by atoms with E-state index in [9.17, 15) is 5.11 Å². The van der Waals surface area contributed by atoms with Crippen LogP contribution in [0.2, 0.25) is 0 Å². The van der Waals surface area contributed by atoms with Crippen LogP contribution >= 0.6 is 0 Å². The van der Waals surface area contributed by atoms with Crippen LogP contribution in [0.15, 0.2) is 18.2 Å². The Labute approximate surface area is 108 Å².